The lowest BCUT2D eigenvalue weighted by atomic mass is 10.2. The van der Waals surface area contributed by atoms with E-state index in [-0.39, 0.29) is 18.5 Å². The highest BCUT2D eigenvalue weighted by Crippen LogP contribution is 2.34. The molecule has 0 aliphatic carbocycles. The molecule has 132 valence electrons. The number of nitrogens with zero attached hydrogens (tertiary/aromatic N) is 1. The van der Waals surface area contributed by atoms with Gasteiger partial charge in [-0.25, -0.2) is 4.98 Å². The summed E-state index contributed by atoms with van der Waals surface area (Å²) in [6, 6.07) is 12.1. The third kappa shape index (κ3) is 3.06. The summed E-state index contributed by atoms with van der Waals surface area (Å²) in [6.45, 7) is 2.55. The number of hydrogen-bond acceptors (Lipinski definition) is 6. The molecule has 1 aliphatic rings. The van der Waals surface area contributed by atoms with Crippen LogP contribution in [-0.4, -0.2) is 24.3 Å². The Morgan fingerprint density at radius 3 is 2.96 bits per heavy atom. The van der Waals surface area contributed by atoms with E-state index in [1.807, 2.05) is 13.0 Å². The number of rotatable bonds is 5. The van der Waals surface area contributed by atoms with Crippen LogP contribution in [-0.2, 0) is 0 Å². The van der Waals surface area contributed by atoms with Crippen LogP contribution in [0.5, 0.6) is 17.4 Å². The van der Waals surface area contributed by atoms with Crippen LogP contribution < -0.4 is 19.5 Å². The highest BCUT2D eigenvalue weighted by Gasteiger charge is 2.18. The number of aromatic nitrogens is 1. The van der Waals surface area contributed by atoms with E-state index in [4.69, 9.17) is 18.6 Å². The lowest BCUT2D eigenvalue weighted by Gasteiger charge is -2.06. The zero-order valence-electron chi connectivity index (χ0n) is 14.0. The van der Waals surface area contributed by atoms with Crippen LogP contribution in [0.3, 0.4) is 0 Å². The van der Waals surface area contributed by atoms with Gasteiger partial charge in [0.25, 0.3) is 5.91 Å². The van der Waals surface area contributed by atoms with Crippen LogP contribution in [0, 0.1) is 0 Å². The molecule has 1 N–H and O–H groups in total. The summed E-state index contributed by atoms with van der Waals surface area (Å²) in [5.74, 6) is 2.05. The molecule has 1 aliphatic heterocycles. The van der Waals surface area contributed by atoms with Gasteiger partial charge >= 0.3 is 0 Å². The molecule has 7 heteroatoms. The van der Waals surface area contributed by atoms with Crippen LogP contribution in [0.1, 0.15) is 17.5 Å². The van der Waals surface area contributed by atoms with E-state index in [2.05, 4.69) is 10.3 Å². The molecule has 0 bridgehead atoms. The van der Waals surface area contributed by atoms with Gasteiger partial charge in [0.1, 0.15) is 5.76 Å². The third-order valence-electron chi connectivity index (χ3n) is 3.78. The number of anilines is 1. The molecule has 0 atom stereocenters. The standard InChI is InChI=1S/C19H16N2O5/c1-2-23-19-13(4-3-9-20-19)14-7-8-16(26-14)18(22)21-12-5-6-15-17(10-12)25-11-24-15/h3-10H,2,11H2,1H3,(H,21,22). The molecule has 0 unspecified atom stereocenters. The maximum absolute atomic E-state index is 12.4. The van der Waals surface area contributed by atoms with Crippen LogP contribution in [0.2, 0.25) is 0 Å². The largest absolute Gasteiger partial charge is 0.477 e. The number of furan rings is 1. The van der Waals surface area contributed by atoms with E-state index in [0.29, 0.717) is 41.0 Å². The van der Waals surface area contributed by atoms with Gasteiger partial charge in [-0.2, -0.15) is 0 Å². The second-order valence-electron chi connectivity index (χ2n) is 5.48. The SMILES string of the molecule is CCOc1ncccc1-c1ccc(C(=O)Nc2ccc3c(c2)OCO3)o1. The van der Waals surface area contributed by atoms with Crippen LogP contribution in [0.4, 0.5) is 5.69 Å². The molecule has 26 heavy (non-hydrogen) atoms. The van der Waals surface area contributed by atoms with Crippen molar-refractivity contribution in [1.82, 2.24) is 4.98 Å². The van der Waals surface area contributed by atoms with Gasteiger partial charge in [-0.1, -0.05) is 0 Å². The molecule has 1 aromatic carbocycles. The minimum Gasteiger partial charge on any atom is -0.477 e. The van der Waals surface area contributed by atoms with Crippen molar-refractivity contribution < 1.29 is 23.4 Å². The first-order valence-electron chi connectivity index (χ1n) is 8.13. The summed E-state index contributed by atoms with van der Waals surface area (Å²) in [5.41, 5.74) is 1.28. The molecule has 0 radical (unpaired) electrons. The Kier molecular flexibility index (Phi) is 4.18. The fourth-order valence-corrected chi connectivity index (χ4v) is 2.60. The van der Waals surface area contributed by atoms with Crippen molar-refractivity contribution in [2.75, 3.05) is 18.7 Å². The Morgan fingerprint density at radius 1 is 1.19 bits per heavy atom. The van der Waals surface area contributed by atoms with Crippen LogP contribution in [0.25, 0.3) is 11.3 Å². The van der Waals surface area contributed by atoms with Gasteiger partial charge in [0.15, 0.2) is 17.3 Å². The summed E-state index contributed by atoms with van der Waals surface area (Å²) in [4.78, 5) is 16.6. The fraction of sp³-hybridized carbons (Fsp3) is 0.158. The van der Waals surface area contributed by atoms with Crippen molar-refractivity contribution >= 4 is 11.6 Å². The molecule has 0 saturated carbocycles. The average molecular weight is 352 g/mol. The topological polar surface area (TPSA) is 82.8 Å². The Bertz CT molecular complexity index is 951. The maximum Gasteiger partial charge on any atom is 0.291 e. The summed E-state index contributed by atoms with van der Waals surface area (Å²) in [7, 11) is 0. The third-order valence-corrected chi connectivity index (χ3v) is 3.78. The van der Waals surface area contributed by atoms with E-state index in [1.165, 1.54) is 0 Å². The van der Waals surface area contributed by atoms with Gasteiger partial charge in [0.2, 0.25) is 12.7 Å². The van der Waals surface area contributed by atoms with E-state index in [0.717, 1.165) is 0 Å². The van der Waals surface area contributed by atoms with Crippen LogP contribution in [0.15, 0.2) is 53.1 Å². The summed E-state index contributed by atoms with van der Waals surface area (Å²) < 4.78 is 21.8. The van der Waals surface area contributed by atoms with Crippen molar-refractivity contribution in [3.8, 4) is 28.7 Å². The Hall–Kier alpha value is -3.48. The van der Waals surface area contributed by atoms with Gasteiger partial charge in [0.05, 0.1) is 12.2 Å². The zero-order valence-corrected chi connectivity index (χ0v) is 14.0. The number of ether oxygens (including phenoxy) is 3. The second kappa shape index (κ2) is 6.79. The number of carbonyl (C=O) groups excluding carboxylic acids is 1. The Balaban J connectivity index is 1.53. The highest BCUT2D eigenvalue weighted by molar-refractivity contribution is 6.02. The summed E-state index contributed by atoms with van der Waals surface area (Å²) >= 11 is 0. The fourth-order valence-electron chi connectivity index (χ4n) is 2.60. The number of amides is 1. The van der Waals surface area contributed by atoms with Crippen molar-refractivity contribution in [1.29, 1.82) is 0 Å². The minimum atomic E-state index is -0.364. The van der Waals surface area contributed by atoms with E-state index >= 15 is 0 Å². The quantitative estimate of drug-likeness (QED) is 0.753. The lowest BCUT2D eigenvalue weighted by molar-refractivity contribution is 0.0997. The molecule has 4 rings (SSSR count). The van der Waals surface area contributed by atoms with Gasteiger partial charge in [-0.15, -0.1) is 0 Å². The van der Waals surface area contributed by atoms with Gasteiger partial charge < -0.3 is 23.9 Å². The average Bonchev–Trinajstić information content (AvgIpc) is 3.31. The lowest BCUT2D eigenvalue weighted by Crippen LogP contribution is -2.10. The van der Waals surface area contributed by atoms with Gasteiger partial charge in [0, 0.05) is 18.0 Å². The Morgan fingerprint density at radius 2 is 2.08 bits per heavy atom. The number of pyridine rings is 1. The van der Waals surface area contributed by atoms with E-state index in [1.54, 1.807) is 42.6 Å². The first-order chi connectivity index (χ1) is 12.7. The molecule has 0 fully saturated rings. The molecule has 0 spiro atoms. The normalized spacial score (nSPS) is 12.0. The van der Waals surface area contributed by atoms with Crippen LogP contribution >= 0.6 is 0 Å². The van der Waals surface area contributed by atoms with E-state index < -0.39 is 0 Å². The number of carbonyl (C=O) groups is 1. The number of benzene rings is 1. The molecule has 3 heterocycles. The predicted octanol–water partition coefficient (Wildman–Crippen LogP) is 3.72. The Labute approximate surface area is 149 Å². The monoisotopic (exact) mass is 352 g/mol. The molecule has 7 nitrogen and oxygen atoms in total. The number of fused-ring (bicyclic) bond motifs is 1. The number of hydrogen-bond donors (Lipinski definition) is 1. The first kappa shape index (κ1) is 16.0. The van der Waals surface area contributed by atoms with Gasteiger partial charge in [-0.05, 0) is 43.3 Å². The molecule has 2 aromatic heterocycles. The van der Waals surface area contributed by atoms with Crippen molar-refractivity contribution in [2.45, 2.75) is 6.92 Å². The summed E-state index contributed by atoms with van der Waals surface area (Å²) in [6.07, 6.45) is 1.64. The predicted molar refractivity (Wildman–Crippen MR) is 93.6 cm³/mol. The van der Waals surface area contributed by atoms with Crippen molar-refractivity contribution in [3.05, 3.63) is 54.4 Å². The molecule has 0 saturated heterocycles. The zero-order chi connectivity index (χ0) is 17.9. The highest BCUT2D eigenvalue weighted by atomic mass is 16.7. The molecule has 3 aromatic rings. The van der Waals surface area contributed by atoms with Crippen molar-refractivity contribution in [2.24, 2.45) is 0 Å². The van der Waals surface area contributed by atoms with E-state index in [9.17, 15) is 4.79 Å². The number of nitrogens with one attached hydrogen (secondary N) is 1. The second-order valence-corrected chi connectivity index (χ2v) is 5.48. The maximum atomic E-state index is 12.4. The smallest absolute Gasteiger partial charge is 0.291 e. The molecular weight excluding hydrogens is 336 g/mol. The van der Waals surface area contributed by atoms with Gasteiger partial charge in [-0.3, -0.25) is 4.79 Å². The molecule has 1 amide bonds. The first-order valence-corrected chi connectivity index (χ1v) is 8.13. The minimum absolute atomic E-state index is 0.182. The molecular formula is C19H16N2O5. The summed E-state index contributed by atoms with van der Waals surface area (Å²) in [5, 5.41) is 2.78. The van der Waals surface area contributed by atoms with Crippen molar-refractivity contribution in [3.63, 3.8) is 0 Å².